The fourth-order valence-electron chi connectivity index (χ4n) is 3.32. The Balaban J connectivity index is 1.98. The first-order valence-corrected chi connectivity index (χ1v) is 5.10. The maximum atomic E-state index is 11.6. The summed E-state index contributed by atoms with van der Waals surface area (Å²) >= 11 is 0. The fraction of sp³-hybridized carbons (Fsp3) is 0.727. The summed E-state index contributed by atoms with van der Waals surface area (Å²) < 4.78 is 0. The van der Waals surface area contributed by atoms with Gasteiger partial charge < -0.3 is 5.11 Å². The third kappa shape index (κ3) is 0.798. The van der Waals surface area contributed by atoms with Crippen LogP contribution in [0.1, 0.15) is 19.3 Å². The molecule has 3 atom stereocenters. The van der Waals surface area contributed by atoms with Gasteiger partial charge in [0.15, 0.2) is 0 Å². The van der Waals surface area contributed by atoms with Crippen LogP contribution in [-0.4, -0.2) is 17.5 Å². The summed E-state index contributed by atoms with van der Waals surface area (Å²) in [6, 6.07) is 0. The Morgan fingerprint density at radius 2 is 2.23 bits per heavy atom. The highest BCUT2D eigenvalue weighted by Crippen LogP contribution is 2.66. The molecule has 0 radical (unpaired) electrons. The highest BCUT2D eigenvalue weighted by Gasteiger charge is 2.61. The second-order valence-corrected chi connectivity index (χ2v) is 4.71. The SMILES string of the molecule is O=C1C[C@@H]2C=C[C@H]([C@H]1CO)C21CC1. The van der Waals surface area contributed by atoms with Gasteiger partial charge in [-0.3, -0.25) is 4.79 Å². The Hall–Kier alpha value is -0.630. The van der Waals surface area contributed by atoms with Crippen molar-refractivity contribution in [2.75, 3.05) is 6.61 Å². The Labute approximate surface area is 77.6 Å². The first kappa shape index (κ1) is 7.74. The molecule has 1 N–H and O–H groups in total. The minimum Gasteiger partial charge on any atom is -0.396 e. The molecule has 0 heterocycles. The minimum absolute atomic E-state index is 0.0440. The summed E-state index contributed by atoms with van der Waals surface area (Å²) in [5.41, 5.74) is 0.418. The number of carbonyl (C=O) groups is 1. The van der Waals surface area contributed by atoms with Gasteiger partial charge in [-0.15, -0.1) is 0 Å². The molecule has 2 fully saturated rings. The van der Waals surface area contributed by atoms with E-state index in [2.05, 4.69) is 12.2 Å². The first-order valence-electron chi connectivity index (χ1n) is 5.10. The van der Waals surface area contributed by atoms with Gasteiger partial charge in [0.2, 0.25) is 0 Å². The Bertz CT molecular complexity index is 288. The van der Waals surface area contributed by atoms with E-state index in [-0.39, 0.29) is 18.3 Å². The van der Waals surface area contributed by atoms with Gasteiger partial charge in [-0.25, -0.2) is 0 Å². The molecular weight excluding hydrogens is 164 g/mol. The molecule has 1 spiro atoms. The molecule has 0 saturated heterocycles. The van der Waals surface area contributed by atoms with Crippen molar-refractivity contribution in [1.29, 1.82) is 0 Å². The van der Waals surface area contributed by atoms with Crippen LogP contribution in [0.15, 0.2) is 12.2 Å². The third-order valence-electron chi connectivity index (χ3n) is 4.25. The Kier molecular flexibility index (Phi) is 1.33. The lowest BCUT2D eigenvalue weighted by molar-refractivity contribution is -0.130. The minimum atomic E-state index is -0.0856. The quantitative estimate of drug-likeness (QED) is 0.611. The zero-order valence-corrected chi connectivity index (χ0v) is 7.57. The van der Waals surface area contributed by atoms with Crippen molar-refractivity contribution in [2.45, 2.75) is 19.3 Å². The van der Waals surface area contributed by atoms with Crippen molar-refractivity contribution in [1.82, 2.24) is 0 Å². The molecule has 0 amide bonds. The van der Waals surface area contributed by atoms with E-state index in [4.69, 9.17) is 0 Å². The Morgan fingerprint density at radius 1 is 1.46 bits per heavy atom. The molecule has 3 aliphatic rings. The lowest BCUT2D eigenvalue weighted by Gasteiger charge is -2.35. The van der Waals surface area contributed by atoms with Crippen LogP contribution in [0, 0.1) is 23.2 Å². The monoisotopic (exact) mass is 178 g/mol. The van der Waals surface area contributed by atoms with Crippen LogP contribution < -0.4 is 0 Å². The van der Waals surface area contributed by atoms with Crippen molar-refractivity contribution in [3.63, 3.8) is 0 Å². The van der Waals surface area contributed by atoms with Gasteiger partial charge in [0.05, 0.1) is 6.61 Å². The normalized spacial score (nSPS) is 44.4. The zero-order valence-electron chi connectivity index (χ0n) is 7.57. The number of hydrogen-bond donors (Lipinski definition) is 1. The van der Waals surface area contributed by atoms with E-state index in [1.54, 1.807) is 0 Å². The second-order valence-electron chi connectivity index (χ2n) is 4.71. The van der Waals surface area contributed by atoms with Crippen LogP contribution in [-0.2, 0) is 4.79 Å². The topological polar surface area (TPSA) is 37.3 Å². The van der Waals surface area contributed by atoms with E-state index in [0.29, 0.717) is 23.7 Å². The Morgan fingerprint density at radius 3 is 2.85 bits per heavy atom. The second kappa shape index (κ2) is 2.24. The predicted molar refractivity (Wildman–Crippen MR) is 48.0 cm³/mol. The highest BCUT2D eigenvalue weighted by atomic mass is 16.3. The van der Waals surface area contributed by atoms with Crippen molar-refractivity contribution in [2.24, 2.45) is 23.2 Å². The lowest BCUT2D eigenvalue weighted by Crippen LogP contribution is -2.38. The fourth-order valence-corrected chi connectivity index (χ4v) is 3.32. The van der Waals surface area contributed by atoms with Gasteiger partial charge >= 0.3 is 0 Å². The number of allylic oxidation sites excluding steroid dienone is 2. The maximum Gasteiger partial charge on any atom is 0.139 e. The van der Waals surface area contributed by atoms with Gasteiger partial charge in [-0.05, 0) is 30.1 Å². The van der Waals surface area contributed by atoms with Gasteiger partial charge in [0.1, 0.15) is 5.78 Å². The number of aliphatic hydroxyl groups excluding tert-OH is 1. The molecule has 0 aromatic carbocycles. The summed E-state index contributed by atoms with van der Waals surface area (Å²) in [6.07, 6.45) is 7.60. The average molecular weight is 178 g/mol. The van der Waals surface area contributed by atoms with Crippen LogP contribution in [0.2, 0.25) is 0 Å². The number of carbonyl (C=O) groups excluding carboxylic acids is 1. The molecule has 3 rings (SSSR count). The molecule has 0 unspecified atom stereocenters. The van der Waals surface area contributed by atoms with Crippen LogP contribution in [0.3, 0.4) is 0 Å². The number of rotatable bonds is 1. The van der Waals surface area contributed by atoms with Crippen LogP contribution in [0.5, 0.6) is 0 Å². The van der Waals surface area contributed by atoms with Crippen molar-refractivity contribution >= 4 is 5.78 Å². The standard InChI is InChI=1S/C11H14O2/c12-6-8-9-2-1-7(5-10(8)13)11(9)3-4-11/h1-2,7-9,12H,3-6H2/t7-,8+,9+/m0/s1. The number of hydrogen-bond acceptors (Lipinski definition) is 2. The molecule has 2 heteroatoms. The van der Waals surface area contributed by atoms with Crippen LogP contribution in [0.25, 0.3) is 0 Å². The van der Waals surface area contributed by atoms with Gasteiger partial charge in [0, 0.05) is 12.3 Å². The van der Waals surface area contributed by atoms with E-state index in [1.165, 1.54) is 12.8 Å². The molecule has 2 saturated carbocycles. The molecule has 3 aliphatic carbocycles. The van der Waals surface area contributed by atoms with E-state index in [0.717, 1.165) is 0 Å². The zero-order chi connectivity index (χ0) is 9.05. The largest absolute Gasteiger partial charge is 0.396 e. The molecule has 0 aliphatic heterocycles. The van der Waals surface area contributed by atoms with E-state index in [1.807, 2.05) is 0 Å². The molecular formula is C11H14O2. The summed E-state index contributed by atoms with van der Waals surface area (Å²) in [5.74, 6) is 1.06. The maximum absolute atomic E-state index is 11.6. The predicted octanol–water partition coefficient (Wildman–Crippen LogP) is 1.15. The van der Waals surface area contributed by atoms with E-state index < -0.39 is 0 Å². The van der Waals surface area contributed by atoms with Gasteiger partial charge in [0.25, 0.3) is 0 Å². The van der Waals surface area contributed by atoms with Gasteiger partial charge in [-0.2, -0.15) is 0 Å². The number of Topliss-reactive ketones (excluding diaryl/α,β-unsaturated/α-hetero) is 1. The third-order valence-corrected chi connectivity index (χ3v) is 4.25. The summed E-state index contributed by atoms with van der Waals surface area (Å²) in [5, 5.41) is 9.19. The number of aliphatic hydroxyl groups is 1. The number of ketones is 1. The van der Waals surface area contributed by atoms with Crippen molar-refractivity contribution in [3.8, 4) is 0 Å². The van der Waals surface area contributed by atoms with Crippen molar-refractivity contribution < 1.29 is 9.90 Å². The molecule has 70 valence electrons. The summed E-state index contributed by atoms with van der Waals surface area (Å²) in [4.78, 5) is 11.6. The average Bonchev–Trinajstić information content (AvgIpc) is 2.82. The highest BCUT2D eigenvalue weighted by molar-refractivity contribution is 5.84. The molecule has 2 bridgehead atoms. The molecule has 2 nitrogen and oxygen atoms in total. The lowest BCUT2D eigenvalue weighted by atomic mass is 9.68. The van der Waals surface area contributed by atoms with Crippen molar-refractivity contribution in [3.05, 3.63) is 12.2 Å². The molecule has 13 heavy (non-hydrogen) atoms. The first-order chi connectivity index (χ1) is 6.28. The van der Waals surface area contributed by atoms with E-state index in [9.17, 15) is 9.90 Å². The van der Waals surface area contributed by atoms with E-state index >= 15 is 0 Å². The smallest absolute Gasteiger partial charge is 0.139 e. The summed E-state index contributed by atoms with van der Waals surface area (Å²) in [7, 11) is 0. The molecule has 0 aromatic rings. The van der Waals surface area contributed by atoms with Crippen LogP contribution in [0.4, 0.5) is 0 Å². The molecule has 0 aromatic heterocycles. The summed E-state index contributed by atoms with van der Waals surface area (Å²) in [6.45, 7) is 0.0440. The van der Waals surface area contributed by atoms with Crippen LogP contribution >= 0.6 is 0 Å². The van der Waals surface area contributed by atoms with Gasteiger partial charge in [-0.1, -0.05) is 12.2 Å².